The largest absolute Gasteiger partial charge is 0.497 e. The van der Waals surface area contributed by atoms with E-state index in [1.54, 1.807) is 25.3 Å². The molecule has 0 unspecified atom stereocenters. The van der Waals surface area contributed by atoms with Crippen LogP contribution in [0.2, 0.25) is 5.02 Å². The van der Waals surface area contributed by atoms with Gasteiger partial charge in [0.15, 0.2) is 0 Å². The Morgan fingerprint density at radius 3 is 2.62 bits per heavy atom. The van der Waals surface area contributed by atoms with E-state index in [4.69, 9.17) is 21.1 Å². The number of methoxy groups -OCH3 is 2. The number of carbonyl (C=O) groups is 2. The number of ether oxygens (including phenoxy) is 2. The molecule has 1 spiro atoms. The van der Waals surface area contributed by atoms with Gasteiger partial charge >= 0.3 is 0 Å². The number of benzene rings is 2. The number of nitrogens with one attached hydrogen (secondary N) is 3. The minimum absolute atomic E-state index is 0.0195. The second kappa shape index (κ2) is 8.30. The molecule has 1 saturated heterocycles. The van der Waals surface area contributed by atoms with Crippen LogP contribution in [-0.4, -0.2) is 32.1 Å². The zero-order valence-corrected chi connectivity index (χ0v) is 19.6. The summed E-state index contributed by atoms with van der Waals surface area (Å²) in [6, 6.07) is 8.91. The smallest absolute Gasteiger partial charge is 0.250 e. The number of aryl methyl sites for hydroxylation is 1. The Balaban J connectivity index is 1.78. The summed E-state index contributed by atoms with van der Waals surface area (Å²) in [5, 5.41) is 9.86. The minimum Gasteiger partial charge on any atom is -0.497 e. The van der Waals surface area contributed by atoms with Crippen molar-refractivity contribution in [3.8, 4) is 11.5 Å². The minimum atomic E-state index is -1.20. The molecule has 2 aromatic rings. The van der Waals surface area contributed by atoms with Gasteiger partial charge in [0, 0.05) is 17.7 Å². The van der Waals surface area contributed by atoms with Gasteiger partial charge in [0.25, 0.3) is 0 Å². The molecule has 4 rings (SSSR count). The summed E-state index contributed by atoms with van der Waals surface area (Å²) in [4.78, 5) is 27.1. The Morgan fingerprint density at radius 1 is 1.22 bits per heavy atom. The van der Waals surface area contributed by atoms with E-state index in [1.165, 1.54) is 7.11 Å². The summed E-state index contributed by atoms with van der Waals surface area (Å²) in [7, 11) is 3.10. The van der Waals surface area contributed by atoms with Gasteiger partial charge in [0.2, 0.25) is 11.8 Å². The van der Waals surface area contributed by atoms with E-state index in [9.17, 15) is 9.59 Å². The molecule has 0 bridgehead atoms. The van der Waals surface area contributed by atoms with Crippen LogP contribution in [0, 0.1) is 18.8 Å². The van der Waals surface area contributed by atoms with Gasteiger partial charge in [-0.3, -0.25) is 14.9 Å². The maximum absolute atomic E-state index is 13.7. The Labute approximate surface area is 192 Å². The lowest BCUT2D eigenvalue weighted by molar-refractivity contribution is -0.130. The van der Waals surface area contributed by atoms with Crippen LogP contribution in [0.4, 0.5) is 11.4 Å². The molecular weight excluding hydrogens is 430 g/mol. The molecule has 2 heterocycles. The molecule has 2 aliphatic heterocycles. The van der Waals surface area contributed by atoms with Gasteiger partial charge in [-0.2, -0.15) is 0 Å². The van der Waals surface area contributed by atoms with Crippen LogP contribution in [0.3, 0.4) is 0 Å². The molecule has 8 heteroatoms. The molecule has 0 aliphatic carbocycles. The number of amides is 2. The van der Waals surface area contributed by atoms with Gasteiger partial charge in [-0.25, -0.2) is 0 Å². The lowest BCUT2D eigenvalue weighted by atomic mass is 9.79. The van der Waals surface area contributed by atoms with Crippen molar-refractivity contribution in [2.24, 2.45) is 11.8 Å². The third kappa shape index (κ3) is 3.49. The van der Waals surface area contributed by atoms with E-state index in [0.717, 1.165) is 5.56 Å². The van der Waals surface area contributed by atoms with E-state index in [0.29, 0.717) is 39.9 Å². The van der Waals surface area contributed by atoms with Crippen molar-refractivity contribution in [1.29, 1.82) is 0 Å². The third-order valence-electron chi connectivity index (χ3n) is 6.47. The molecule has 2 amide bonds. The lowest BCUT2D eigenvalue weighted by Crippen LogP contribution is -2.52. The molecule has 0 radical (unpaired) electrons. The number of anilines is 2. The van der Waals surface area contributed by atoms with Gasteiger partial charge in [-0.15, -0.1) is 0 Å². The number of fused-ring (bicyclic) bond motifs is 2. The zero-order chi connectivity index (χ0) is 23.2. The molecule has 2 aliphatic rings. The van der Waals surface area contributed by atoms with Crippen molar-refractivity contribution in [1.82, 2.24) is 5.32 Å². The summed E-state index contributed by atoms with van der Waals surface area (Å²) in [5.41, 5.74) is 1.49. The van der Waals surface area contributed by atoms with E-state index in [1.807, 2.05) is 19.1 Å². The Bertz CT molecular complexity index is 1090. The predicted molar refractivity (Wildman–Crippen MR) is 125 cm³/mol. The number of rotatable bonds is 5. The maximum Gasteiger partial charge on any atom is 0.250 e. The summed E-state index contributed by atoms with van der Waals surface area (Å²) < 4.78 is 10.7. The third-order valence-corrected chi connectivity index (χ3v) is 6.77. The Kier molecular flexibility index (Phi) is 5.81. The standard InChI is InChI=1S/C24H28ClN3O4/c1-12(2)18-11-16(22(29)26-19-10-14(31-4)6-7-20(19)32-5)24(28-18)15-8-13(3)9-17(25)21(15)27-23(24)30/h6-10,12,16,18,28H,11H2,1-5H3,(H,26,29)(H,27,30)/t16-,18+,24-/m0/s1. The van der Waals surface area contributed by atoms with Crippen LogP contribution < -0.4 is 25.4 Å². The molecule has 32 heavy (non-hydrogen) atoms. The van der Waals surface area contributed by atoms with Crippen LogP contribution in [0.1, 0.15) is 31.4 Å². The second-order valence-electron chi connectivity index (χ2n) is 8.77. The zero-order valence-electron chi connectivity index (χ0n) is 18.8. The Morgan fingerprint density at radius 2 is 1.97 bits per heavy atom. The van der Waals surface area contributed by atoms with Crippen LogP contribution in [-0.2, 0) is 15.1 Å². The highest BCUT2D eigenvalue weighted by atomic mass is 35.5. The highest BCUT2D eigenvalue weighted by Gasteiger charge is 2.60. The van der Waals surface area contributed by atoms with E-state index in [2.05, 4.69) is 29.8 Å². The van der Waals surface area contributed by atoms with Crippen molar-refractivity contribution < 1.29 is 19.1 Å². The quantitative estimate of drug-likeness (QED) is 0.629. The predicted octanol–water partition coefficient (Wildman–Crippen LogP) is 4.09. The average Bonchev–Trinajstić information content (AvgIpc) is 3.29. The molecule has 3 atom stereocenters. The molecule has 7 nitrogen and oxygen atoms in total. The Hall–Kier alpha value is -2.77. The van der Waals surface area contributed by atoms with Crippen LogP contribution >= 0.6 is 11.6 Å². The van der Waals surface area contributed by atoms with Crippen molar-refractivity contribution >= 4 is 34.8 Å². The van der Waals surface area contributed by atoms with Crippen LogP contribution in [0.5, 0.6) is 11.5 Å². The molecule has 170 valence electrons. The van der Waals surface area contributed by atoms with E-state index >= 15 is 0 Å². The topological polar surface area (TPSA) is 88.7 Å². The summed E-state index contributed by atoms with van der Waals surface area (Å²) >= 11 is 6.46. The monoisotopic (exact) mass is 457 g/mol. The molecule has 2 aromatic carbocycles. The number of carbonyl (C=O) groups excluding carboxylic acids is 2. The SMILES string of the molecule is COc1ccc(OC)c(NC(=O)[C@@H]2C[C@H](C(C)C)N[C@]23C(=O)Nc2c(Cl)cc(C)cc23)c1. The van der Waals surface area contributed by atoms with E-state index in [-0.39, 0.29) is 23.8 Å². The first-order valence-corrected chi connectivity index (χ1v) is 11.0. The lowest BCUT2D eigenvalue weighted by Gasteiger charge is -2.30. The maximum atomic E-state index is 13.7. The summed E-state index contributed by atoms with van der Waals surface area (Å²) in [6.07, 6.45) is 0.508. The molecular formula is C24H28ClN3O4. The highest BCUT2D eigenvalue weighted by molar-refractivity contribution is 6.35. The fourth-order valence-electron chi connectivity index (χ4n) is 4.76. The van der Waals surface area contributed by atoms with Crippen LogP contribution in [0.25, 0.3) is 0 Å². The van der Waals surface area contributed by atoms with Crippen molar-refractivity contribution in [2.45, 2.75) is 38.8 Å². The normalized spacial score (nSPS) is 23.9. The average molecular weight is 458 g/mol. The molecule has 1 fully saturated rings. The molecule has 0 saturated carbocycles. The second-order valence-corrected chi connectivity index (χ2v) is 9.18. The van der Waals surface area contributed by atoms with Crippen LogP contribution in [0.15, 0.2) is 30.3 Å². The van der Waals surface area contributed by atoms with Gasteiger partial charge in [0.1, 0.15) is 17.0 Å². The van der Waals surface area contributed by atoms with Crippen molar-refractivity contribution in [3.05, 3.63) is 46.5 Å². The first-order valence-electron chi connectivity index (χ1n) is 10.6. The van der Waals surface area contributed by atoms with E-state index < -0.39 is 11.5 Å². The van der Waals surface area contributed by atoms with Crippen molar-refractivity contribution in [3.63, 3.8) is 0 Å². The summed E-state index contributed by atoms with van der Waals surface area (Å²) in [6.45, 7) is 6.08. The highest BCUT2D eigenvalue weighted by Crippen LogP contribution is 2.50. The molecule has 3 N–H and O–H groups in total. The molecule has 0 aromatic heterocycles. The summed E-state index contributed by atoms with van der Waals surface area (Å²) in [5.74, 6) is 0.147. The van der Waals surface area contributed by atoms with Gasteiger partial charge in [-0.05, 0) is 43.0 Å². The fourth-order valence-corrected chi connectivity index (χ4v) is 5.08. The van der Waals surface area contributed by atoms with Gasteiger partial charge < -0.3 is 20.1 Å². The first kappa shape index (κ1) is 22.4. The number of halogens is 1. The first-order chi connectivity index (χ1) is 15.2. The van der Waals surface area contributed by atoms with Gasteiger partial charge in [0.05, 0.1) is 36.5 Å². The van der Waals surface area contributed by atoms with Crippen molar-refractivity contribution in [2.75, 3.05) is 24.9 Å². The van der Waals surface area contributed by atoms with Gasteiger partial charge in [-0.1, -0.05) is 31.5 Å². The number of hydrogen-bond acceptors (Lipinski definition) is 5. The fraction of sp³-hybridized carbons (Fsp3) is 0.417. The number of hydrogen-bond donors (Lipinski definition) is 3.